The molecule has 0 aromatic heterocycles. The minimum atomic E-state index is 0. The Bertz CT molecular complexity index is 37.8. The van der Waals surface area contributed by atoms with Crippen molar-refractivity contribution in [3.63, 3.8) is 0 Å². The summed E-state index contributed by atoms with van der Waals surface area (Å²) in [5.41, 5.74) is 0. The first kappa shape index (κ1) is 12.2. The minimum Gasteiger partial charge on any atom is -0.376 e. The molecule has 0 aliphatic heterocycles. The first-order valence-corrected chi connectivity index (χ1v) is 2.78. The molecule has 51 valence electrons. The minimum absolute atomic E-state index is 0. The van der Waals surface area contributed by atoms with Crippen LogP contribution in [0.15, 0.2) is 0 Å². The SMILES string of the molecule is CC(C)OC(C)C.[Eu]. The molecule has 0 aromatic rings. The molecule has 8 heavy (non-hydrogen) atoms. The quantitative estimate of drug-likeness (QED) is 0.730. The first-order valence-electron chi connectivity index (χ1n) is 2.78. The third-order valence-electron chi connectivity index (χ3n) is 0.544. The number of rotatable bonds is 2. The van der Waals surface area contributed by atoms with E-state index < -0.39 is 0 Å². The fraction of sp³-hybridized carbons (Fsp3) is 1.00. The van der Waals surface area contributed by atoms with E-state index in [1.165, 1.54) is 0 Å². The van der Waals surface area contributed by atoms with Crippen LogP contribution in [0.5, 0.6) is 0 Å². The maximum absolute atomic E-state index is 5.25. The Morgan fingerprint density at radius 2 is 1.12 bits per heavy atom. The molecular weight excluding hydrogens is 240 g/mol. The van der Waals surface area contributed by atoms with Gasteiger partial charge in [0.05, 0.1) is 12.2 Å². The van der Waals surface area contributed by atoms with Crippen LogP contribution in [-0.4, -0.2) is 12.2 Å². The molecule has 0 aromatic carbocycles. The molecule has 0 spiro atoms. The molecule has 0 fully saturated rings. The van der Waals surface area contributed by atoms with Crippen molar-refractivity contribution in [2.45, 2.75) is 39.9 Å². The average molecular weight is 254 g/mol. The van der Waals surface area contributed by atoms with Crippen LogP contribution in [-0.2, 0) is 4.74 Å². The zero-order valence-electron chi connectivity index (χ0n) is 5.94. The van der Waals surface area contributed by atoms with Crippen molar-refractivity contribution in [1.29, 1.82) is 0 Å². The van der Waals surface area contributed by atoms with Gasteiger partial charge in [-0.3, -0.25) is 0 Å². The molecule has 1 nitrogen and oxygen atoms in total. The summed E-state index contributed by atoms with van der Waals surface area (Å²) in [7, 11) is 0. The van der Waals surface area contributed by atoms with E-state index in [9.17, 15) is 0 Å². The van der Waals surface area contributed by atoms with Gasteiger partial charge in [-0.15, -0.1) is 0 Å². The smallest absolute Gasteiger partial charge is 0.0522 e. The van der Waals surface area contributed by atoms with Crippen LogP contribution >= 0.6 is 0 Å². The van der Waals surface area contributed by atoms with Gasteiger partial charge in [0.2, 0.25) is 0 Å². The van der Waals surface area contributed by atoms with Crippen LogP contribution in [0.2, 0.25) is 0 Å². The van der Waals surface area contributed by atoms with Crippen molar-refractivity contribution in [3.8, 4) is 0 Å². The maximum atomic E-state index is 5.25. The molecule has 0 saturated heterocycles. The predicted molar refractivity (Wildman–Crippen MR) is 31.4 cm³/mol. The van der Waals surface area contributed by atoms with Crippen molar-refractivity contribution < 1.29 is 54.1 Å². The molecule has 2 heteroatoms. The average Bonchev–Trinajstić information content (AvgIpc) is 1.27. The summed E-state index contributed by atoms with van der Waals surface area (Å²) in [5.74, 6) is 0. The Labute approximate surface area is 92.7 Å². The zero-order valence-corrected chi connectivity index (χ0v) is 8.37. The number of ether oxygens (including phenoxy) is 1. The normalized spacial score (nSPS) is 9.75. The van der Waals surface area contributed by atoms with Gasteiger partial charge >= 0.3 is 0 Å². The van der Waals surface area contributed by atoms with Crippen LogP contribution < -0.4 is 0 Å². The Hall–Kier alpha value is 1.54. The third-order valence-corrected chi connectivity index (χ3v) is 0.544. The van der Waals surface area contributed by atoms with Crippen LogP contribution in [0, 0.1) is 49.4 Å². The van der Waals surface area contributed by atoms with Gasteiger partial charge in [-0.2, -0.15) is 0 Å². The summed E-state index contributed by atoms with van der Waals surface area (Å²) in [6, 6.07) is 0. The number of hydrogen-bond acceptors (Lipinski definition) is 1. The second-order valence-electron chi connectivity index (χ2n) is 2.23. The first-order chi connectivity index (χ1) is 3.13. The molecule has 0 heterocycles. The van der Waals surface area contributed by atoms with E-state index >= 15 is 0 Å². The van der Waals surface area contributed by atoms with Crippen molar-refractivity contribution in [1.82, 2.24) is 0 Å². The molecule has 0 atom stereocenters. The predicted octanol–water partition coefficient (Wildman–Crippen LogP) is 1.82. The Morgan fingerprint density at radius 1 is 0.875 bits per heavy atom. The monoisotopic (exact) mass is 255 g/mol. The van der Waals surface area contributed by atoms with E-state index in [4.69, 9.17) is 4.74 Å². The molecule has 0 bridgehead atoms. The van der Waals surface area contributed by atoms with Gasteiger partial charge in [0.25, 0.3) is 0 Å². The van der Waals surface area contributed by atoms with Gasteiger partial charge in [-0.05, 0) is 27.7 Å². The molecule has 0 unspecified atom stereocenters. The Kier molecular flexibility index (Phi) is 10.2. The fourth-order valence-electron chi connectivity index (χ4n) is 0.544. The molecule has 0 amide bonds. The molecule has 0 aliphatic carbocycles. The van der Waals surface area contributed by atoms with Gasteiger partial charge in [0.1, 0.15) is 0 Å². The topological polar surface area (TPSA) is 9.23 Å². The summed E-state index contributed by atoms with van der Waals surface area (Å²) in [6.07, 6.45) is 0.750. The van der Waals surface area contributed by atoms with E-state index in [1.807, 2.05) is 27.7 Å². The second kappa shape index (κ2) is 6.66. The molecular formula is C6H14EuO. The van der Waals surface area contributed by atoms with Crippen LogP contribution in [0.1, 0.15) is 27.7 Å². The molecule has 0 aliphatic rings. The second-order valence-corrected chi connectivity index (χ2v) is 2.23. The van der Waals surface area contributed by atoms with Gasteiger partial charge in [0.15, 0.2) is 0 Å². The van der Waals surface area contributed by atoms with Gasteiger partial charge in [0, 0.05) is 49.4 Å². The van der Waals surface area contributed by atoms with Crippen LogP contribution in [0.4, 0.5) is 0 Å². The van der Waals surface area contributed by atoms with E-state index in [0.717, 1.165) is 0 Å². The van der Waals surface area contributed by atoms with Crippen LogP contribution in [0.25, 0.3) is 0 Å². The summed E-state index contributed by atoms with van der Waals surface area (Å²) < 4.78 is 5.25. The van der Waals surface area contributed by atoms with Gasteiger partial charge in [-0.1, -0.05) is 0 Å². The Morgan fingerprint density at radius 3 is 1.12 bits per heavy atom. The third kappa shape index (κ3) is 10.5. The standard InChI is InChI=1S/C6H14O.Eu/c1-5(2)7-6(3)4;/h5-6H,1-4H3;. The summed E-state index contributed by atoms with van der Waals surface area (Å²) >= 11 is 0. The molecule has 1 radical (unpaired) electrons. The fourth-order valence-corrected chi connectivity index (χ4v) is 0.544. The summed E-state index contributed by atoms with van der Waals surface area (Å²) in [5, 5.41) is 0. The van der Waals surface area contributed by atoms with Gasteiger partial charge < -0.3 is 4.74 Å². The number of hydrogen-bond donors (Lipinski definition) is 0. The van der Waals surface area contributed by atoms with Crippen molar-refractivity contribution in [2.24, 2.45) is 0 Å². The van der Waals surface area contributed by atoms with E-state index in [2.05, 4.69) is 0 Å². The van der Waals surface area contributed by atoms with E-state index in [-0.39, 0.29) is 49.4 Å². The molecule has 0 rings (SSSR count). The van der Waals surface area contributed by atoms with E-state index in [0.29, 0.717) is 12.2 Å². The van der Waals surface area contributed by atoms with Crippen molar-refractivity contribution in [3.05, 3.63) is 0 Å². The summed E-state index contributed by atoms with van der Waals surface area (Å²) in [6.45, 7) is 8.17. The van der Waals surface area contributed by atoms with E-state index in [1.54, 1.807) is 0 Å². The molecule has 0 saturated carbocycles. The van der Waals surface area contributed by atoms with Gasteiger partial charge in [-0.25, -0.2) is 0 Å². The largest absolute Gasteiger partial charge is 0.376 e. The van der Waals surface area contributed by atoms with Crippen molar-refractivity contribution in [2.75, 3.05) is 0 Å². The van der Waals surface area contributed by atoms with Crippen LogP contribution in [0.3, 0.4) is 0 Å². The molecule has 0 N–H and O–H groups in total. The maximum Gasteiger partial charge on any atom is 0.0522 e. The van der Waals surface area contributed by atoms with Crippen molar-refractivity contribution >= 4 is 0 Å². The zero-order chi connectivity index (χ0) is 5.86. The Balaban J connectivity index is 0. The summed E-state index contributed by atoms with van der Waals surface area (Å²) in [4.78, 5) is 0.